The topological polar surface area (TPSA) is 82.6 Å². The van der Waals surface area contributed by atoms with Gasteiger partial charge in [0, 0.05) is 73.7 Å². The third kappa shape index (κ3) is 6.03. The fourth-order valence-electron chi connectivity index (χ4n) is 5.73. The fourth-order valence-corrected chi connectivity index (χ4v) is 5.73. The second-order valence-electron chi connectivity index (χ2n) is 10.8. The molecule has 202 valence electrons. The van der Waals surface area contributed by atoms with Crippen molar-refractivity contribution in [2.75, 3.05) is 56.6 Å². The van der Waals surface area contributed by atoms with Gasteiger partial charge < -0.3 is 15.4 Å². The summed E-state index contributed by atoms with van der Waals surface area (Å²) in [5.74, 6) is -0.105. The Kier molecular flexibility index (Phi) is 7.67. The van der Waals surface area contributed by atoms with Crippen LogP contribution in [0.1, 0.15) is 36.5 Å². The monoisotopic (exact) mass is 524 g/mol. The van der Waals surface area contributed by atoms with Crippen molar-refractivity contribution in [3.63, 3.8) is 0 Å². The SMILES string of the molecule is CC1=C(C(=O)Nc2cncc(CN3CCCC3)c2)c2cc(-c3cncc(CN4CCOCC4)c3)ccc2NC1. The highest BCUT2D eigenvalue weighted by Crippen LogP contribution is 2.35. The molecule has 6 rings (SSSR count). The van der Waals surface area contributed by atoms with Crippen LogP contribution in [0.4, 0.5) is 11.4 Å². The highest BCUT2D eigenvalue weighted by Gasteiger charge is 2.24. The first-order valence-corrected chi connectivity index (χ1v) is 13.9. The van der Waals surface area contributed by atoms with Gasteiger partial charge >= 0.3 is 0 Å². The van der Waals surface area contributed by atoms with Crippen LogP contribution in [-0.2, 0) is 22.6 Å². The molecule has 39 heavy (non-hydrogen) atoms. The van der Waals surface area contributed by atoms with Gasteiger partial charge in [-0.2, -0.15) is 0 Å². The van der Waals surface area contributed by atoms with E-state index >= 15 is 0 Å². The quantitative estimate of drug-likeness (QED) is 0.474. The zero-order valence-electron chi connectivity index (χ0n) is 22.6. The van der Waals surface area contributed by atoms with E-state index in [0.29, 0.717) is 12.1 Å². The van der Waals surface area contributed by atoms with Gasteiger partial charge in [0.05, 0.1) is 25.1 Å². The highest BCUT2D eigenvalue weighted by molar-refractivity contribution is 6.27. The van der Waals surface area contributed by atoms with Gasteiger partial charge in [-0.05, 0) is 79.4 Å². The Morgan fingerprint density at radius 3 is 2.41 bits per heavy atom. The molecule has 1 amide bonds. The molecule has 3 aliphatic rings. The van der Waals surface area contributed by atoms with Crippen LogP contribution in [-0.4, -0.2) is 71.6 Å². The number of hydrogen-bond acceptors (Lipinski definition) is 7. The van der Waals surface area contributed by atoms with Crippen LogP contribution in [0, 0.1) is 0 Å². The number of nitrogens with one attached hydrogen (secondary N) is 2. The number of amides is 1. The summed E-state index contributed by atoms with van der Waals surface area (Å²) in [5, 5.41) is 6.59. The van der Waals surface area contributed by atoms with Crippen LogP contribution in [0.2, 0.25) is 0 Å². The maximum absolute atomic E-state index is 13.7. The lowest BCUT2D eigenvalue weighted by molar-refractivity contribution is -0.111. The number of hydrogen-bond donors (Lipinski definition) is 2. The Hall–Kier alpha value is -3.59. The third-order valence-electron chi connectivity index (χ3n) is 7.78. The van der Waals surface area contributed by atoms with Crippen LogP contribution in [0.25, 0.3) is 16.7 Å². The number of carbonyl (C=O) groups is 1. The summed E-state index contributed by atoms with van der Waals surface area (Å²) >= 11 is 0. The summed E-state index contributed by atoms with van der Waals surface area (Å²) in [6.07, 6.45) is 9.96. The average molecular weight is 525 g/mol. The predicted octanol–water partition coefficient (Wildman–Crippen LogP) is 4.41. The van der Waals surface area contributed by atoms with Crippen molar-refractivity contribution >= 4 is 22.9 Å². The number of morpholine rings is 1. The zero-order valence-corrected chi connectivity index (χ0v) is 22.6. The highest BCUT2D eigenvalue weighted by atomic mass is 16.5. The Morgan fingerprint density at radius 2 is 1.62 bits per heavy atom. The maximum atomic E-state index is 13.7. The van der Waals surface area contributed by atoms with E-state index in [9.17, 15) is 4.79 Å². The molecule has 8 nitrogen and oxygen atoms in total. The Morgan fingerprint density at radius 1 is 0.897 bits per heavy atom. The molecule has 0 aliphatic carbocycles. The molecule has 3 aliphatic heterocycles. The van der Waals surface area contributed by atoms with Crippen molar-refractivity contribution in [3.05, 3.63) is 77.4 Å². The lowest BCUT2D eigenvalue weighted by Crippen LogP contribution is -2.35. The fraction of sp³-hybridized carbons (Fsp3) is 0.387. The lowest BCUT2D eigenvalue weighted by Gasteiger charge is -2.26. The number of anilines is 2. The van der Waals surface area contributed by atoms with Crippen molar-refractivity contribution in [2.45, 2.75) is 32.9 Å². The van der Waals surface area contributed by atoms with Crippen molar-refractivity contribution in [1.29, 1.82) is 0 Å². The lowest BCUT2D eigenvalue weighted by atomic mass is 9.91. The van der Waals surface area contributed by atoms with E-state index in [4.69, 9.17) is 4.74 Å². The minimum atomic E-state index is -0.105. The van der Waals surface area contributed by atoms with Crippen LogP contribution >= 0.6 is 0 Å². The number of nitrogens with zero attached hydrogens (tertiary/aromatic N) is 4. The number of benzene rings is 1. The van der Waals surface area contributed by atoms with Crippen LogP contribution in [0.3, 0.4) is 0 Å². The van der Waals surface area contributed by atoms with Crippen molar-refractivity contribution in [2.24, 2.45) is 0 Å². The molecule has 0 unspecified atom stereocenters. The summed E-state index contributed by atoms with van der Waals surface area (Å²) in [6.45, 7) is 10.1. The number of aromatic nitrogens is 2. The summed E-state index contributed by atoms with van der Waals surface area (Å²) in [5.41, 5.74) is 8.72. The van der Waals surface area contributed by atoms with Gasteiger partial charge in [0.25, 0.3) is 5.91 Å². The summed E-state index contributed by atoms with van der Waals surface area (Å²) in [6, 6.07) is 10.5. The van der Waals surface area contributed by atoms with Crippen LogP contribution < -0.4 is 10.6 Å². The van der Waals surface area contributed by atoms with E-state index in [1.165, 1.54) is 18.4 Å². The number of carbonyl (C=O) groups excluding carboxylic acids is 1. The number of likely N-dealkylation sites (tertiary alicyclic amines) is 1. The third-order valence-corrected chi connectivity index (χ3v) is 7.78. The molecule has 0 bridgehead atoms. The molecular formula is C31H36N6O2. The van der Waals surface area contributed by atoms with E-state index in [1.54, 1.807) is 6.20 Å². The maximum Gasteiger partial charge on any atom is 0.256 e. The van der Waals surface area contributed by atoms with Crippen LogP contribution in [0.15, 0.2) is 60.7 Å². The number of rotatable bonds is 7. The van der Waals surface area contributed by atoms with E-state index in [-0.39, 0.29) is 5.91 Å². The molecule has 5 heterocycles. The van der Waals surface area contributed by atoms with E-state index in [2.05, 4.69) is 54.7 Å². The van der Waals surface area contributed by atoms with Gasteiger partial charge in [-0.1, -0.05) is 6.07 Å². The van der Waals surface area contributed by atoms with Crippen molar-refractivity contribution in [1.82, 2.24) is 19.8 Å². The van der Waals surface area contributed by atoms with Crippen molar-refractivity contribution in [3.8, 4) is 11.1 Å². The molecule has 2 N–H and O–H groups in total. The summed E-state index contributed by atoms with van der Waals surface area (Å²) < 4.78 is 5.49. The molecule has 0 atom stereocenters. The Labute approximate surface area is 230 Å². The molecular weight excluding hydrogens is 488 g/mol. The van der Waals surface area contributed by atoms with Gasteiger partial charge in [-0.15, -0.1) is 0 Å². The second-order valence-corrected chi connectivity index (χ2v) is 10.8. The Bertz CT molecular complexity index is 1370. The van der Waals surface area contributed by atoms with Crippen molar-refractivity contribution < 1.29 is 9.53 Å². The first kappa shape index (κ1) is 25.7. The first-order valence-electron chi connectivity index (χ1n) is 13.9. The van der Waals surface area contributed by atoms with E-state index in [0.717, 1.165) is 91.7 Å². The standard InChI is InChI=1S/C31H36N6O2/c1-22-15-34-29-5-4-25(26-12-23(16-32-18-26)20-37-8-10-39-11-9-37)14-28(29)30(22)31(38)35-27-13-24(17-33-19-27)21-36-6-2-3-7-36/h4-5,12-14,16-19,34H,2-3,6-11,15,20-21H2,1H3,(H,35,38). The van der Waals surface area contributed by atoms with E-state index < -0.39 is 0 Å². The number of fused-ring (bicyclic) bond motifs is 1. The van der Waals surface area contributed by atoms with Gasteiger partial charge in [-0.3, -0.25) is 24.6 Å². The molecule has 0 saturated carbocycles. The largest absolute Gasteiger partial charge is 0.381 e. The normalized spacial score (nSPS) is 18.1. The second kappa shape index (κ2) is 11.7. The smallest absolute Gasteiger partial charge is 0.256 e. The zero-order chi connectivity index (χ0) is 26.6. The molecule has 8 heteroatoms. The van der Waals surface area contributed by atoms with Gasteiger partial charge in [0.2, 0.25) is 0 Å². The molecule has 2 aromatic heterocycles. The minimum Gasteiger partial charge on any atom is -0.381 e. The molecule has 2 saturated heterocycles. The summed E-state index contributed by atoms with van der Waals surface area (Å²) in [4.78, 5) is 27.4. The molecule has 2 fully saturated rings. The predicted molar refractivity (Wildman–Crippen MR) is 154 cm³/mol. The molecule has 0 radical (unpaired) electrons. The van der Waals surface area contributed by atoms with Gasteiger partial charge in [-0.25, -0.2) is 0 Å². The number of pyridine rings is 2. The molecule has 1 aromatic carbocycles. The Balaban J connectivity index is 1.22. The van der Waals surface area contributed by atoms with Gasteiger partial charge in [0.1, 0.15) is 0 Å². The van der Waals surface area contributed by atoms with Crippen LogP contribution in [0.5, 0.6) is 0 Å². The number of ether oxygens (including phenoxy) is 1. The molecule has 0 spiro atoms. The minimum absolute atomic E-state index is 0.105. The summed E-state index contributed by atoms with van der Waals surface area (Å²) in [7, 11) is 0. The van der Waals surface area contributed by atoms with E-state index in [1.807, 2.05) is 31.6 Å². The molecule has 3 aromatic rings. The first-order chi connectivity index (χ1) is 19.1. The van der Waals surface area contributed by atoms with Gasteiger partial charge in [0.15, 0.2) is 0 Å². The average Bonchev–Trinajstić information content (AvgIpc) is 3.46.